The van der Waals surface area contributed by atoms with Gasteiger partial charge in [0.25, 0.3) is 5.91 Å². The van der Waals surface area contributed by atoms with E-state index in [1.807, 2.05) is 0 Å². The minimum absolute atomic E-state index is 0.0968. The quantitative estimate of drug-likeness (QED) is 0.657. The summed E-state index contributed by atoms with van der Waals surface area (Å²) in [7, 11) is 0. The number of nitrogens with zero attached hydrogens (tertiary/aromatic N) is 2. The Morgan fingerprint density at radius 2 is 2.04 bits per heavy atom. The van der Waals surface area contributed by atoms with E-state index < -0.39 is 0 Å². The predicted molar refractivity (Wildman–Crippen MR) is 95.1 cm³/mol. The molecular weight excluding hydrogens is 405 g/mol. The van der Waals surface area contributed by atoms with Gasteiger partial charge in [0.1, 0.15) is 11.6 Å². The lowest BCUT2D eigenvalue weighted by Gasteiger charge is -2.08. The van der Waals surface area contributed by atoms with Crippen molar-refractivity contribution in [3.8, 4) is 5.75 Å². The highest BCUT2D eigenvalue weighted by molar-refractivity contribution is 9.10. The third kappa shape index (κ3) is 4.66. The summed E-state index contributed by atoms with van der Waals surface area (Å²) in [6.07, 6.45) is 0. The summed E-state index contributed by atoms with van der Waals surface area (Å²) < 4.78 is 24.8. The second-order valence-corrected chi connectivity index (χ2v) is 6.38. The number of rotatable bonds is 6. The van der Waals surface area contributed by atoms with Crippen molar-refractivity contribution in [2.45, 2.75) is 20.1 Å². The number of hydrogen-bond donors (Lipinski definition) is 1. The van der Waals surface area contributed by atoms with Crippen LogP contribution in [0.3, 0.4) is 0 Å². The van der Waals surface area contributed by atoms with E-state index in [0.717, 1.165) is 4.47 Å². The maximum Gasteiger partial charge on any atom is 0.251 e. The van der Waals surface area contributed by atoms with Crippen LogP contribution >= 0.6 is 15.9 Å². The van der Waals surface area contributed by atoms with E-state index in [9.17, 15) is 9.18 Å². The molecule has 0 spiro atoms. The van der Waals surface area contributed by atoms with Crippen molar-refractivity contribution < 1.29 is 18.4 Å². The third-order valence-electron chi connectivity index (χ3n) is 3.50. The van der Waals surface area contributed by atoms with Crippen molar-refractivity contribution >= 4 is 21.8 Å². The first-order chi connectivity index (χ1) is 12.5. The van der Waals surface area contributed by atoms with E-state index in [2.05, 4.69) is 31.4 Å². The number of amides is 1. The van der Waals surface area contributed by atoms with Gasteiger partial charge in [0.2, 0.25) is 11.7 Å². The molecule has 8 heteroatoms. The number of carbonyl (C=O) groups excluding carboxylic acids is 1. The summed E-state index contributed by atoms with van der Waals surface area (Å²) >= 11 is 3.28. The molecule has 0 bridgehead atoms. The van der Waals surface area contributed by atoms with Gasteiger partial charge in [0.15, 0.2) is 6.61 Å². The molecule has 0 saturated heterocycles. The number of nitrogens with one attached hydrogen (secondary N) is 1. The molecule has 1 amide bonds. The predicted octanol–water partition coefficient (Wildman–Crippen LogP) is 3.79. The molecule has 0 aliphatic heterocycles. The van der Waals surface area contributed by atoms with E-state index in [4.69, 9.17) is 9.26 Å². The molecule has 1 heterocycles. The summed E-state index contributed by atoms with van der Waals surface area (Å²) in [5, 5.41) is 6.42. The molecule has 26 heavy (non-hydrogen) atoms. The molecule has 0 aliphatic carbocycles. The lowest BCUT2D eigenvalue weighted by Crippen LogP contribution is -2.23. The van der Waals surface area contributed by atoms with Crippen LogP contribution in [0.4, 0.5) is 4.39 Å². The van der Waals surface area contributed by atoms with Crippen molar-refractivity contribution in [2.24, 2.45) is 0 Å². The van der Waals surface area contributed by atoms with Gasteiger partial charge in [-0.3, -0.25) is 4.79 Å². The van der Waals surface area contributed by atoms with E-state index >= 15 is 0 Å². The van der Waals surface area contributed by atoms with Gasteiger partial charge in [-0.15, -0.1) is 0 Å². The fourth-order valence-corrected chi connectivity index (χ4v) is 2.62. The van der Waals surface area contributed by atoms with Crippen LogP contribution in [0.25, 0.3) is 0 Å². The van der Waals surface area contributed by atoms with Crippen LogP contribution in [0.5, 0.6) is 5.75 Å². The van der Waals surface area contributed by atoms with Crippen molar-refractivity contribution in [2.75, 3.05) is 0 Å². The van der Waals surface area contributed by atoms with E-state index in [1.165, 1.54) is 6.07 Å². The lowest BCUT2D eigenvalue weighted by atomic mass is 10.2. The molecule has 2 aromatic carbocycles. The van der Waals surface area contributed by atoms with Gasteiger partial charge in [-0.25, -0.2) is 4.39 Å². The fourth-order valence-electron chi connectivity index (χ4n) is 2.21. The highest BCUT2D eigenvalue weighted by Gasteiger charge is 2.09. The Balaban J connectivity index is 1.55. The summed E-state index contributed by atoms with van der Waals surface area (Å²) in [4.78, 5) is 16.2. The number of halogens is 2. The van der Waals surface area contributed by atoms with Crippen LogP contribution in [0.15, 0.2) is 51.5 Å². The molecule has 0 unspecified atom stereocenters. The number of carbonyl (C=O) groups is 1. The highest BCUT2D eigenvalue weighted by Crippen LogP contribution is 2.16. The Hall–Kier alpha value is -2.74. The Morgan fingerprint density at radius 3 is 2.73 bits per heavy atom. The smallest absolute Gasteiger partial charge is 0.251 e. The van der Waals surface area contributed by atoms with Crippen LogP contribution in [0.1, 0.15) is 27.6 Å². The standard InChI is InChI=1S/C18H15BrFN3O3/c1-11-22-17(23-26-11)10-25-15-5-2-12(3-6-15)18(24)21-9-13-8-14(19)4-7-16(13)20/h2-8H,9-10H2,1H3,(H,21,24). The Labute approximate surface area is 157 Å². The number of aromatic nitrogens is 2. The molecule has 6 nitrogen and oxygen atoms in total. The van der Waals surface area contributed by atoms with E-state index in [0.29, 0.717) is 28.6 Å². The molecule has 0 radical (unpaired) electrons. The van der Waals surface area contributed by atoms with Gasteiger partial charge < -0.3 is 14.6 Å². The molecule has 3 aromatic rings. The minimum Gasteiger partial charge on any atom is -0.485 e. The Morgan fingerprint density at radius 1 is 1.27 bits per heavy atom. The van der Waals surface area contributed by atoms with Crippen LogP contribution < -0.4 is 10.1 Å². The molecule has 0 atom stereocenters. The van der Waals surface area contributed by atoms with Crippen LogP contribution in [-0.2, 0) is 13.2 Å². The lowest BCUT2D eigenvalue weighted by molar-refractivity contribution is 0.0950. The number of aryl methyl sites for hydroxylation is 1. The summed E-state index contributed by atoms with van der Waals surface area (Å²) in [5.74, 6) is 0.818. The van der Waals surface area contributed by atoms with E-state index in [1.54, 1.807) is 43.3 Å². The second kappa shape index (κ2) is 8.09. The molecule has 0 saturated carbocycles. The number of hydrogen-bond acceptors (Lipinski definition) is 5. The largest absolute Gasteiger partial charge is 0.485 e. The van der Waals surface area contributed by atoms with Gasteiger partial charge in [-0.1, -0.05) is 21.1 Å². The molecule has 134 valence electrons. The first-order valence-electron chi connectivity index (χ1n) is 7.75. The summed E-state index contributed by atoms with van der Waals surface area (Å²) in [6.45, 7) is 1.97. The zero-order chi connectivity index (χ0) is 18.5. The zero-order valence-electron chi connectivity index (χ0n) is 13.8. The molecule has 1 aromatic heterocycles. The maximum absolute atomic E-state index is 13.7. The van der Waals surface area contributed by atoms with Crippen molar-refractivity contribution in [3.05, 3.63) is 75.6 Å². The monoisotopic (exact) mass is 419 g/mol. The Bertz CT molecular complexity index is 912. The van der Waals surface area contributed by atoms with Gasteiger partial charge >= 0.3 is 0 Å². The highest BCUT2D eigenvalue weighted by atomic mass is 79.9. The SMILES string of the molecule is Cc1nc(COc2ccc(C(=O)NCc3cc(Br)ccc3F)cc2)no1. The van der Waals surface area contributed by atoms with E-state index in [-0.39, 0.29) is 24.9 Å². The third-order valence-corrected chi connectivity index (χ3v) is 3.99. The van der Waals surface area contributed by atoms with Gasteiger partial charge in [0, 0.05) is 29.1 Å². The maximum atomic E-state index is 13.7. The van der Waals surface area contributed by atoms with Crippen LogP contribution in [0.2, 0.25) is 0 Å². The summed E-state index contributed by atoms with van der Waals surface area (Å²) in [5.41, 5.74) is 0.853. The molecule has 1 N–H and O–H groups in total. The molecule has 3 rings (SSSR count). The molecular formula is C18H15BrFN3O3. The first-order valence-corrected chi connectivity index (χ1v) is 8.55. The first kappa shape index (κ1) is 18.1. The van der Waals surface area contributed by atoms with Crippen molar-refractivity contribution in [3.63, 3.8) is 0 Å². The molecule has 0 fully saturated rings. The van der Waals surface area contributed by atoms with Gasteiger partial charge in [0.05, 0.1) is 0 Å². The van der Waals surface area contributed by atoms with Gasteiger partial charge in [-0.2, -0.15) is 4.98 Å². The van der Waals surface area contributed by atoms with Crippen LogP contribution in [0, 0.1) is 12.7 Å². The Kier molecular flexibility index (Phi) is 5.62. The zero-order valence-corrected chi connectivity index (χ0v) is 15.4. The minimum atomic E-state index is -0.367. The topological polar surface area (TPSA) is 77.2 Å². The second-order valence-electron chi connectivity index (χ2n) is 5.46. The summed E-state index contributed by atoms with van der Waals surface area (Å²) in [6, 6.07) is 11.2. The van der Waals surface area contributed by atoms with Crippen molar-refractivity contribution in [1.29, 1.82) is 0 Å². The fraction of sp³-hybridized carbons (Fsp3) is 0.167. The molecule has 0 aliphatic rings. The number of benzene rings is 2. The van der Waals surface area contributed by atoms with Crippen molar-refractivity contribution in [1.82, 2.24) is 15.5 Å². The average molecular weight is 420 g/mol. The average Bonchev–Trinajstić information content (AvgIpc) is 3.06. The van der Waals surface area contributed by atoms with Gasteiger partial charge in [-0.05, 0) is 42.5 Å². The van der Waals surface area contributed by atoms with Crippen LogP contribution in [-0.4, -0.2) is 16.0 Å². The normalized spacial score (nSPS) is 10.6. The number of ether oxygens (including phenoxy) is 1.